The van der Waals surface area contributed by atoms with Crippen LogP contribution in [0.25, 0.3) is 10.9 Å². The molecule has 5 nitrogen and oxygen atoms in total. The van der Waals surface area contributed by atoms with Crippen molar-refractivity contribution in [2.75, 3.05) is 32.6 Å². The maximum absolute atomic E-state index is 13.6. The summed E-state index contributed by atoms with van der Waals surface area (Å²) >= 11 is 0. The zero-order valence-electron chi connectivity index (χ0n) is 18.7. The minimum Gasteiger partial charge on any atom is -0.494 e. The minimum absolute atomic E-state index is 0.0245. The lowest BCUT2D eigenvalue weighted by molar-refractivity contribution is 0.0982. The number of fused-ring (bicyclic) bond motifs is 1. The number of nitrogens with zero attached hydrogens (tertiary/aromatic N) is 2. The number of pyridine rings is 1. The van der Waals surface area contributed by atoms with Crippen LogP contribution in [0.1, 0.15) is 42.1 Å². The van der Waals surface area contributed by atoms with E-state index in [0.29, 0.717) is 24.3 Å². The fraction of sp³-hybridized carbons (Fsp3) is 0.360. The summed E-state index contributed by atoms with van der Waals surface area (Å²) in [6.45, 7) is 5.36. The third-order valence-corrected chi connectivity index (χ3v) is 5.08. The van der Waals surface area contributed by atoms with Gasteiger partial charge in [0, 0.05) is 30.2 Å². The molecule has 0 saturated carbocycles. The Bertz CT molecular complexity index is 1070. The van der Waals surface area contributed by atoms with E-state index in [-0.39, 0.29) is 11.6 Å². The van der Waals surface area contributed by atoms with Crippen molar-refractivity contribution in [2.24, 2.45) is 0 Å². The highest BCUT2D eigenvalue weighted by Gasteiger charge is 2.17. The predicted octanol–water partition coefficient (Wildman–Crippen LogP) is 5.74. The third-order valence-electron chi connectivity index (χ3n) is 5.08. The van der Waals surface area contributed by atoms with Crippen LogP contribution in [0.2, 0.25) is 0 Å². The van der Waals surface area contributed by atoms with Gasteiger partial charge in [0.15, 0.2) is 5.78 Å². The number of hydrogen-bond acceptors (Lipinski definition) is 5. The van der Waals surface area contributed by atoms with Crippen molar-refractivity contribution in [2.45, 2.75) is 33.1 Å². The Kier molecular flexibility index (Phi) is 7.58. The highest BCUT2D eigenvalue weighted by molar-refractivity contribution is 6.09. The van der Waals surface area contributed by atoms with E-state index in [1.54, 1.807) is 12.3 Å². The van der Waals surface area contributed by atoms with Gasteiger partial charge in [0.05, 0.1) is 23.4 Å². The number of nitrogens with one attached hydrogen (secondary N) is 1. The molecule has 0 aliphatic rings. The maximum Gasteiger partial charge on any atom is 0.166 e. The molecule has 0 bridgehead atoms. The smallest absolute Gasteiger partial charge is 0.166 e. The highest BCUT2D eigenvalue weighted by atomic mass is 19.1. The number of halogens is 1. The molecule has 6 heteroatoms. The number of hydrogen-bond donors (Lipinski definition) is 1. The number of Topliss-reactive ketones (excluding diaryl/α,β-unsaturated/α-hetero) is 1. The number of aromatic nitrogens is 1. The molecular weight excluding hydrogens is 393 g/mol. The molecule has 0 aliphatic carbocycles. The molecule has 3 rings (SSSR count). The number of benzene rings is 2. The average Bonchev–Trinajstić information content (AvgIpc) is 2.73. The Labute approximate surface area is 183 Å². The van der Waals surface area contributed by atoms with Crippen molar-refractivity contribution >= 4 is 28.1 Å². The van der Waals surface area contributed by atoms with Gasteiger partial charge in [-0.15, -0.1) is 0 Å². The lowest BCUT2D eigenvalue weighted by Gasteiger charge is -2.17. The van der Waals surface area contributed by atoms with Crippen molar-refractivity contribution in [1.82, 2.24) is 9.88 Å². The van der Waals surface area contributed by atoms with Gasteiger partial charge >= 0.3 is 0 Å². The van der Waals surface area contributed by atoms with Gasteiger partial charge in [-0.2, -0.15) is 0 Å². The van der Waals surface area contributed by atoms with Crippen LogP contribution in [0.4, 0.5) is 15.8 Å². The third kappa shape index (κ3) is 5.79. The Balaban J connectivity index is 2.01. The van der Waals surface area contributed by atoms with E-state index in [4.69, 9.17) is 4.74 Å². The highest BCUT2D eigenvalue weighted by Crippen LogP contribution is 2.33. The number of carbonyl (C=O) groups excluding carboxylic acids is 1. The van der Waals surface area contributed by atoms with Crippen LogP contribution in [0.3, 0.4) is 0 Å². The molecule has 31 heavy (non-hydrogen) atoms. The molecule has 0 saturated heterocycles. The predicted molar refractivity (Wildman–Crippen MR) is 124 cm³/mol. The molecule has 164 valence electrons. The first-order valence-corrected chi connectivity index (χ1v) is 10.7. The number of aryl methyl sites for hydroxylation is 1. The van der Waals surface area contributed by atoms with Crippen LogP contribution in [-0.4, -0.2) is 42.9 Å². The number of rotatable bonds is 10. The number of carbonyl (C=O) groups is 1. The summed E-state index contributed by atoms with van der Waals surface area (Å²) in [5.74, 6) is 0.460. The first kappa shape index (κ1) is 22.7. The normalized spacial score (nSPS) is 11.2. The summed E-state index contributed by atoms with van der Waals surface area (Å²) in [4.78, 5) is 19.4. The molecule has 2 aromatic carbocycles. The Morgan fingerprint density at radius 3 is 2.71 bits per heavy atom. The number of anilines is 2. The molecular formula is C25H30FN3O2. The van der Waals surface area contributed by atoms with Gasteiger partial charge in [-0.3, -0.25) is 9.78 Å². The largest absolute Gasteiger partial charge is 0.494 e. The van der Waals surface area contributed by atoms with Gasteiger partial charge in [-0.1, -0.05) is 6.92 Å². The number of ketones is 1. The van der Waals surface area contributed by atoms with E-state index in [2.05, 4.69) is 15.2 Å². The molecule has 0 atom stereocenters. The standard InChI is InChI=1S/C25H30FN3O2/c1-5-7-24(30)21-16-27-23-11-9-19(31-13-6-12-29(3)4)15-20(23)25(21)28-22-10-8-18(26)14-17(22)2/h8-11,14-16H,5-7,12-13H2,1-4H3,(H,27,28). The van der Waals surface area contributed by atoms with Gasteiger partial charge in [0.2, 0.25) is 0 Å². The zero-order chi connectivity index (χ0) is 22.4. The molecule has 0 aliphatic heterocycles. The van der Waals surface area contributed by atoms with E-state index in [9.17, 15) is 9.18 Å². The van der Waals surface area contributed by atoms with Gasteiger partial charge in [-0.05, 0) is 75.8 Å². The van der Waals surface area contributed by atoms with E-state index >= 15 is 0 Å². The van der Waals surface area contributed by atoms with Crippen molar-refractivity contribution in [3.63, 3.8) is 0 Å². The second-order valence-electron chi connectivity index (χ2n) is 7.99. The van der Waals surface area contributed by atoms with Crippen molar-refractivity contribution in [3.05, 3.63) is 59.5 Å². The van der Waals surface area contributed by atoms with E-state index < -0.39 is 0 Å². The molecule has 0 amide bonds. The lowest BCUT2D eigenvalue weighted by Crippen LogP contribution is -2.15. The minimum atomic E-state index is -0.293. The summed E-state index contributed by atoms with van der Waals surface area (Å²) in [6, 6.07) is 10.3. The summed E-state index contributed by atoms with van der Waals surface area (Å²) in [7, 11) is 4.07. The van der Waals surface area contributed by atoms with Crippen LogP contribution >= 0.6 is 0 Å². The summed E-state index contributed by atoms with van der Waals surface area (Å²) in [6.07, 6.45) is 3.73. The molecule has 1 aromatic heterocycles. The molecule has 0 unspecified atom stereocenters. The molecule has 0 radical (unpaired) electrons. The van der Waals surface area contributed by atoms with E-state index in [1.165, 1.54) is 12.1 Å². The number of ether oxygens (including phenoxy) is 1. The van der Waals surface area contributed by atoms with Crippen LogP contribution < -0.4 is 10.1 Å². The molecule has 0 spiro atoms. The van der Waals surface area contributed by atoms with Crippen molar-refractivity contribution in [3.8, 4) is 5.75 Å². The van der Waals surface area contributed by atoms with Crippen molar-refractivity contribution in [1.29, 1.82) is 0 Å². The van der Waals surface area contributed by atoms with Crippen molar-refractivity contribution < 1.29 is 13.9 Å². The lowest BCUT2D eigenvalue weighted by atomic mass is 10.0. The van der Waals surface area contributed by atoms with Crippen LogP contribution in [-0.2, 0) is 0 Å². The van der Waals surface area contributed by atoms with Gasteiger partial charge < -0.3 is 15.0 Å². The quantitative estimate of drug-likeness (QED) is 0.333. The Morgan fingerprint density at radius 2 is 2.00 bits per heavy atom. The summed E-state index contributed by atoms with van der Waals surface area (Å²) in [5.41, 5.74) is 3.47. The second kappa shape index (κ2) is 10.4. The molecule has 1 heterocycles. The van der Waals surface area contributed by atoms with Gasteiger partial charge in [-0.25, -0.2) is 4.39 Å². The van der Waals surface area contributed by atoms with Crippen LogP contribution in [0, 0.1) is 12.7 Å². The molecule has 1 N–H and O–H groups in total. The maximum atomic E-state index is 13.6. The van der Waals surface area contributed by atoms with E-state index in [1.807, 2.05) is 46.1 Å². The average molecular weight is 424 g/mol. The first-order valence-electron chi connectivity index (χ1n) is 10.7. The fourth-order valence-corrected chi connectivity index (χ4v) is 3.44. The monoisotopic (exact) mass is 423 g/mol. The SMILES string of the molecule is CCCC(=O)c1cnc2ccc(OCCCN(C)C)cc2c1Nc1ccc(F)cc1C. The summed E-state index contributed by atoms with van der Waals surface area (Å²) in [5, 5.41) is 4.17. The molecule has 3 aromatic rings. The van der Waals surface area contributed by atoms with Crippen LogP contribution in [0.5, 0.6) is 5.75 Å². The first-order chi connectivity index (χ1) is 14.9. The molecule has 0 fully saturated rings. The van der Waals surface area contributed by atoms with Gasteiger partial charge in [0.25, 0.3) is 0 Å². The topological polar surface area (TPSA) is 54.5 Å². The second-order valence-corrected chi connectivity index (χ2v) is 7.99. The zero-order valence-corrected chi connectivity index (χ0v) is 18.7. The fourth-order valence-electron chi connectivity index (χ4n) is 3.44. The van der Waals surface area contributed by atoms with E-state index in [0.717, 1.165) is 47.3 Å². The summed E-state index contributed by atoms with van der Waals surface area (Å²) < 4.78 is 19.5. The Morgan fingerprint density at radius 1 is 1.19 bits per heavy atom. The Hall–Kier alpha value is -2.99. The van der Waals surface area contributed by atoms with Crippen LogP contribution in [0.15, 0.2) is 42.6 Å². The van der Waals surface area contributed by atoms with Gasteiger partial charge in [0.1, 0.15) is 11.6 Å².